The van der Waals surface area contributed by atoms with Crippen molar-refractivity contribution in [2.75, 3.05) is 0 Å². The zero-order chi connectivity index (χ0) is 26.3. The fourth-order valence-electron chi connectivity index (χ4n) is 5.37. The molecule has 192 valence electrons. The Labute approximate surface area is 209 Å². The number of rotatable bonds is 4. The predicted molar refractivity (Wildman–Crippen MR) is 129 cm³/mol. The van der Waals surface area contributed by atoms with Gasteiger partial charge in [-0.2, -0.15) is 13.2 Å². The van der Waals surface area contributed by atoms with E-state index in [0.717, 1.165) is 6.07 Å². The Hall–Kier alpha value is -3.62. The second-order valence-corrected chi connectivity index (χ2v) is 9.54. The van der Waals surface area contributed by atoms with Gasteiger partial charge in [0.1, 0.15) is 17.3 Å². The summed E-state index contributed by atoms with van der Waals surface area (Å²) in [4.78, 5) is 22.1. The SMILES string of the molecule is Cc1ccc2cc(C3CCC(c4c(F)cccc4F)CC3)c(=O)n(Cc3ncccc3C(F)(F)F)c2n1. The summed E-state index contributed by atoms with van der Waals surface area (Å²) in [7, 11) is 0. The molecule has 0 unspecified atom stereocenters. The van der Waals surface area contributed by atoms with Crippen LogP contribution in [-0.4, -0.2) is 14.5 Å². The number of pyridine rings is 3. The van der Waals surface area contributed by atoms with Gasteiger partial charge >= 0.3 is 6.18 Å². The summed E-state index contributed by atoms with van der Waals surface area (Å²) in [6.07, 6.45) is -1.32. The predicted octanol–water partition coefficient (Wildman–Crippen LogP) is 6.89. The Bertz CT molecular complexity index is 1500. The third-order valence-electron chi connectivity index (χ3n) is 7.18. The van der Waals surface area contributed by atoms with Crippen molar-refractivity contribution in [3.63, 3.8) is 0 Å². The van der Waals surface area contributed by atoms with Crippen LogP contribution in [0.25, 0.3) is 11.0 Å². The number of aryl methyl sites for hydroxylation is 1. The molecule has 0 bridgehead atoms. The summed E-state index contributed by atoms with van der Waals surface area (Å²) < 4.78 is 70.8. The van der Waals surface area contributed by atoms with Gasteiger partial charge in [-0.05, 0) is 86.9 Å². The quantitative estimate of drug-likeness (QED) is 0.279. The number of hydrogen-bond acceptors (Lipinski definition) is 3. The Morgan fingerprint density at radius 2 is 1.62 bits per heavy atom. The zero-order valence-corrected chi connectivity index (χ0v) is 20.0. The van der Waals surface area contributed by atoms with Crippen molar-refractivity contribution in [2.24, 2.45) is 0 Å². The van der Waals surface area contributed by atoms with E-state index < -0.39 is 28.9 Å². The summed E-state index contributed by atoms with van der Waals surface area (Å²) in [5.41, 5.74) is -0.142. The molecule has 0 atom stereocenters. The molecule has 0 aliphatic heterocycles. The van der Waals surface area contributed by atoms with Crippen LogP contribution in [0.15, 0.2) is 59.5 Å². The van der Waals surface area contributed by atoms with Crippen molar-refractivity contribution in [1.82, 2.24) is 14.5 Å². The normalized spacial score (nSPS) is 18.3. The first-order valence-corrected chi connectivity index (χ1v) is 12.1. The molecule has 0 spiro atoms. The minimum Gasteiger partial charge on any atom is -0.286 e. The number of alkyl halides is 3. The van der Waals surface area contributed by atoms with Gasteiger partial charge in [-0.25, -0.2) is 13.8 Å². The first-order valence-electron chi connectivity index (χ1n) is 12.1. The molecule has 0 saturated heterocycles. The molecule has 3 aromatic heterocycles. The third-order valence-corrected chi connectivity index (χ3v) is 7.18. The minimum absolute atomic E-state index is 0.0754. The molecule has 1 saturated carbocycles. The van der Waals surface area contributed by atoms with Gasteiger partial charge in [-0.1, -0.05) is 6.07 Å². The van der Waals surface area contributed by atoms with E-state index in [1.54, 1.807) is 25.1 Å². The number of fused-ring (bicyclic) bond motifs is 1. The van der Waals surface area contributed by atoms with Crippen molar-refractivity contribution in [3.8, 4) is 0 Å². The number of aromatic nitrogens is 3. The number of hydrogen-bond donors (Lipinski definition) is 0. The van der Waals surface area contributed by atoms with E-state index >= 15 is 0 Å². The van der Waals surface area contributed by atoms with Gasteiger partial charge in [0, 0.05) is 28.4 Å². The summed E-state index contributed by atoms with van der Waals surface area (Å²) in [5, 5.41) is 0.631. The lowest BCUT2D eigenvalue weighted by molar-refractivity contribution is -0.138. The second kappa shape index (κ2) is 9.68. The largest absolute Gasteiger partial charge is 0.418 e. The van der Waals surface area contributed by atoms with Crippen molar-refractivity contribution < 1.29 is 22.0 Å². The van der Waals surface area contributed by atoms with Gasteiger partial charge in [0.2, 0.25) is 0 Å². The van der Waals surface area contributed by atoms with E-state index in [4.69, 9.17) is 0 Å². The van der Waals surface area contributed by atoms with Crippen LogP contribution in [0.2, 0.25) is 0 Å². The standard InChI is InChI=1S/C28H24F5N3O/c1-16-7-8-19-14-20(17-9-11-18(12-10-17)25-22(29)5-2-6-23(25)30)27(37)36(26(19)35-16)15-24-21(28(31,32)33)4-3-13-34-24/h2-8,13-14,17-18H,9-12,15H2,1H3. The molecule has 0 amide bonds. The summed E-state index contributed by atoms with van der Waals surface area (Å²) >= 11 is 0. The van der Waals surface area contributed by atoms with Crippen LogP contribution in [0.5, 0.6) is 0 Å². The van der Waals surface area contributed by atoms with E-state index in [0.29, 0.717) is 42.3 Å². The van der Waals surface area contributed by atoms with E-state index in [-0.39, 0.29) is 35.3 Å². The number of benzene rings is 1. The molecule has 37 heavy (non-hydrogen) atoms. The maximum Gasteiger partial charge on any atom is 0.418 e. The van der Waals surface area contributed by atoms with Gasteiger partial charge in [0.05, 0.1) is 17.8 Å². The summed E-state index contributed by atoms with van der Waals surface area (Å²) in [5.74, 6) is -1.64. The molecule has 0 radical (unpaired) electrons. The van der Waals surface area contributed by atoms with Crippen molar-refractivity contribution >= 4 is 11.0 Å². The average molecular weight is 514 g/mol. The molecule has 1 aromatic carbocycles. The van der Waals surface area contributed by atoms with E-state index in [1.807, 2.05) is 0 Å². The summed E-state index contributed by atoms with van der Waals surface area (Å²) in [6, 6.07) is 11.3. The lowest BCUT2D eigenvalue weighted by atomic mass is 9.76. The molecular weight excluding hydrogens is 489 g/mol. The first kappa shape index (κ1) is 25.0. The maximum absolute atomic E-state index is 14.3. The third kappa shape index (κ3) is 4.86. The van der Waals surface area contributed by atoms with Crippen LogP contribution >= 0.6 is 0 Å². The van der Waals surface area contributed by atoms with Gasteiger partial charge in [0.15, 0.2) is 0 Å². The Morgan fingerprint density at radius 3 is 2.30 bits per heavy atom. The highest BCUT2D eigenvalue weighted by atomic mass is 19.4. The van der Waals surface area contributed by atoms with E-state index in [1.165, 1.54) is 35.0 Å². The van der Waals surface area contributed by atoms with Crippen LogP contribution in [0, 0.1) is 18.6 Å². The second-order valence-electron chi connectivity index (χ2n) is 9.54. The Kier molecular flexibility index (Phi) is 6.56. The van der Waals surface area contributed by atoms with Crippen LogP contribution in [0.4, 0.5) is 22.0 Å². The molecule has 1 fully saturated rings. The Balaban J connectivity index is 1.53. The highest BCUT2D eigenvalue weighted by molar-refractivity contribution is 5.76. The van der Waals surface area contributed by atoms with Crippen LogP contribution < -0.4 is 5.56 Å². The topological polar surface area (TPSA) is 47.8 Å². The van der Waals surface area contributed by atoms with Gasteiger partial charge in [-0.15, -0.1) is 0 Å². The van der Waals surface area contributed by atoms with Crippen LogP contribution in [-0.2, 0) is 12.7 Å². The molecular formula is C28H24F5N3O. The highest BCUT2D eigenvalue weighted by Gasteiger charge is 2.34. The van der Waals surface area contributed by atoms with Crippen molar-refractivity contribution in [2.45, 2.75) is 57.2 Å². The van der Waals surface area contributed by atoms with Gasteiger partial charge in [0.25, 0.3) is 5.56 Å². The van der Waals surface area contributed by atoms with Crippen LogP contribution in [0.1, 0.15) is 65.6 Å². The molecule has 4 aromatic rings. The maximum atomic E-state index is 14.3. The first-order chi connectivity index (χ1) is 17.6. The molecule has 1 aliphatic rings. The molecule has 3 heterocycles. The minimum atomic E-state index is -4.62. The van der Waals surface area contributed by atoms with Crippen molar-refractivity contribution in [3.05, 3.63) is 105 Å². The fraction of sp³-hybridized carbons (Fsp3) is 0.321. The number of halogens is 5. The van der Waals surface area contributed by atoms with Gasteiger partial charge < -0.3 is 0 Å². The molecule has 9 heteroatoms. The lowest BCUT2D eigenvalue weighted by Gasteiger charge is -2.29. The summed E-state index contributed by atoms with van der Waals surface area (Å²) in [6.45, 7) is 1.36. The average Bonchev–Trinajstić information content (AvgIpc) is 2.86. The smallest absolute Gasteiger partial charge is 0.286 e. The molecule has 4 nitrogen and oxygen atoms in total. The van der Waals surface area contributed by atoms with E-state index in [9.17, 15) is 26.7 Å². The monoisotopic (exact) mass is 513 g/mol. The van der Waals surface area contributed by atoms with Crippen LogP contribution in [0.3, 0.4) is 0 Å². The Morgan fingerprint density at radius 1 is 0.946 bits per heavy atom. The molecule has 0 N–H and O–H groups in total. The van der Waals surface area contributed by atoms with Gasteiger partial charge in [-0.3, -0.25) is 14.3 Å². The zero-order valence-electron chi connectivity index (χ0n) is 20.0. The fourth-order valence-corrected chi connectivity index (χ4v) is 5.37. The number of nitrogens with zero attached hydrogens (tertiary/aromatic N) is 3. The molecule has 5 rings (SSSR count). The van der Waals surface area contributed by atoms with E-state index in [2.05, 4.69) is 9.97 Å². The highest BCUT2D eigenvalue weighted by Crippen LogP contribution is 2.41. The molecule has 1 aliphatic carbocycles. The van der Waals surface area contributed by atoms with Crippen molar-refractivity contribution in [1.29, 1.82) is 0 Å². The lowest BCUT2D eigenvalue weighted by Crippen LogP contribution is -2.29.